The molecule has 3 aliphatic rings. The second kappa shape index (κ2) is 4.65. The first-order valence-corrected chi connectivity index (χ1v) is 7.20. The van der Waals surface area contributed by atoms with E-state index in [1.165, 1.54) is 5.56 Å². The third kappa shape index (κ3) is 2.11. The van der Waals surface area contributed by atoms with E-state index in [-0.39, 0.29) is 24.6 Å². The van der Waals surface area contributed by atoms with Crippen LogP contribution in [0.3, 0.4) is 0 Å². The first kappa shape index (κ1) is 12.5. The minimum absolute atomic E-state index is 0.0177. The van der Waals surface area contributed by atoms with Crippen molar-refractivity contribution in [1.82, 2.24) is 10.2 Å². The van der Waals surface area contributed by atoms with E-state index >= 15 is 0 Å². The highest BCUT2D eigenvalue weighted by Gasteiger charge is 2.32. The lowest BCUT2D eigenvalue weighted by molar-refractivity contribution is -0.135. The number of rotatable bonds is 1. The smallest absolute Gasteiger partial charge is 0.245 e. The summed E-state index contributed by atoms with van der Waals surface area (Å²) in [5.41, 5.74) is 2.31. The number of amides is 2. The molecule has 21 heavy (non-hydrogen) atoms. The van der Waals surface area contributed by atoms with E-state index in [1.807, 2.05) is 17.0 Å². The lowest BCUT2D eigenvalue weighted by atomic mass is 9.98. The van der Waals surface area contributed by atoms with Gasteiger partial charge in [0.2, 0.25) is 18.6 Å². The summed E-state index contributed by atoms with van der Waals surface area (Å²) < 4.78 is 10.8. The quantitative estimate of drug-likeness (QED) is 0.821. The fourth-order valence-corrected chi connectivity index (χ4v) is 3.15. The highest BCUT2D eigenvalue weighted by Crippen LogP contribution is 2.36. The summed E-state index contributed by atoms with van der Waals surface area (Å²) in [5.74, 6) is 1.52. The Morgan fingerprint density at radius 3 is 2.67 bits per heavy atom. The predicted octanol–water partition coefficient (Wildman–Crippen LogP) is 0.579. The van der Waals surface area contributed by atoms with Crippen LogP contribution in [-0.2, 0) is 22.6 Å². The molecular weight excluding hydrogens is 272 g/mol. The Morgan fingerprint density at radius 1 is 1.19 bits per heavy atom. The number of hydrogen-bond acceptors (Lipinski definition) is 4. The average molecular weight is 288 g/mol. The minimum Gasteiger partial charge on any atom is -0.454 e. The minimum atomic E-state index is -0.354. The lowest BCUT2D eigenvalue weighted by Crippen LogP contribution is -2.46. The molecule has 1 aromatic rings. The van der Waals surface area contributed by atoms with E-state index in [0.717, 1.165) is 23.5 Å². The Morgan fingerprint density at radius 2 is 1.95 bits per heavy atom. The Labute approximate surface area is 122 Å². The molecule has 0 saturated carbocycles. The van der Waals surface area contributed by atoms with Crippen LogP contribution in [0.15, 0.2) is 12.1 Å². The first-order chi connectivity index (χ1) is 10.2. The number of fused-ring (bicyclic) bond motifs is 2. The van der Waals surface area contributed by atoms with Gasteiger partial charge < -0.3 is 19.7 Å². The molecule has 110 valence electrons. The van der Waals surface area contributed by atoms with Gasteiger partial charge in [0.15, 0.2) is 11.5 Å². The van der Waals surface area contributed by atoms with E-state index in [0.29, 0.717) is 25.9 Å². The van der Waals surface area contributed by atoms with Gasteiger partial charge in [-0.3, -0.25) is 9.59 Å². The van der Waals surface area contributed by atoms with Crippen molar-refractivity contribution in [3.8, 4) is 11.5 Å². The third-order valence-electron chi connectivity index (χ3n) is 4.31. The predicted molar refractivity (Wildman–Crippen MR) is 72.9 cm³/mol. The molecule has 0 spiro atoms. The maximum absolute atomic E-state index is 12.4. The molecule has 1 unspecified atom stereocenters. The molecule has 0 aliphatic carbocycles. The van der Waals surface area contributed by atoms with Crippen LogP contribution in [0.4, 0.5) is 0 Å². The van der Waals surface area contributed by atoms with Crippen molar-refractivity contribution in [3.63, 3.8) is 0 Å². The van der Waals surface area contributed by atoms with Crippen molar-refractivity contribution < 1.29 is 19.1 Å². The number of nitrogens with one attached hydrogen (secondary N) is 1. The van der Waals surface area contributed by atoms with Crippen LogP contribution in [0.5, 0.6) is 11.5 Å². The second-order valence-electron chi connectivity index (χ2n) is 5.64. The maximum atomic E-state index is 12.4. The van der Waals surface area contributed by atoms with Gasteiger partial charge in [0, 0.05) is 19.5 Å². The van der Waals surface area contributed by atoms with Crippen LogP contribution in [0.1, 0.15) is 24.0 Å². The fraction of sp³-hybridized carbons (Fsp3) is 0.467. The fourth-order valence-electron chi connectivity index (χ4n) is 3.15. The third-order valence-corrected chi connectivity index (χ3v) is 4.31. The van der Waals surface area contributed by atoms with E-state index in [4.69, 9.17) is 9.47 Å². The molecule has 1 atom stereocenters. The first-order valence-electron chi connectivity index (χ1n) is 7.20. The summed E-state index contributed by atoms with van der Waals surface area (Å²) >= 11 is 0. The number of nitrogens with zero attached hydrogens (tertiary/aromatic N) is 1. The van der Waals surface area contributed by atoms with Gasteiger partial charge in [-0.15, -0.1) is 0 Å². The van der Waals surface area contributed by atoms with Gasteiger partial charge in [-0.2, -0.15) is 0 Å². The topological polar surface area (TPSA) is 67.9 Å². The summed E-state index contributed by atoms with van der Waals surface area (Å²) in [6.45, 7) is 1.50. The summed E-state index contributed by atoms with van der Waals surface area (Å²) in [6.07, 6.45) is 1.85. The summed E-state index contributed by atoms with van der Waals surface area (Å²) in [4.78, 5) is 25.5. The summed E-state index contributed by atoms with van der Waals surface area (Å²) in [7, 11) is 0. The van der Waals surface area contributed by atoms with Gasteiger partial charge in [0.05, 0.1) is 0 Å². The molecule has 1 aromatic carbocycles. The molecule has 0 bridgehead atoms. The van der Waals surface area contributed by atoms with Crippen LogP contribution in [0.25, 0.3) is 0 Å². The highest BCUT2D eigenvalue weighted by molar-refractivity contribution is 5.90. The number of hydrogen-bond donors (Lipinski definition) is 1. The summed E-state index contributed by atoms with van der Waals surface area (Å²) in [5, 5.41) is 2.74. The molecule has 3 aliphatic heterocycles. The van der Waals surface area contributed by atoms with E-state index < -0.39 is 0 Å². The van der Waals surface area contributed by atoms with Crippen LogP contribution in [0, 0.1) is 0 Å². The van der Waals surface area contributed by atoms with Gasteiger partial charge in [-0.05, 0) is 36.1 Å². The molecule has 1 saturated heterocycles. The van der Waals surface area contributed by atoms with E-state index in [9.17, 15) is 9.59 Å². The molecular formula is C15H16N2O4. The molecule has 0 radical (unpaired) electrons. The van der Waals surface area contributed by atoms with Crippen LogP contribution < -0.4 is 14.8 Å². The Kier molecular flexibility index (Phi) is 2.77. The molecule has 6 nitrogen and oxygen atoms in total. The number of ether oxygens (including phenoxy) is 2. The average Bonchev–Trinajstić information content (AvgIpc) is 3.11. The van der Waals surface area contributed by atoms with Gasteiger partial charge in [-0.25, -0.2) is 0 Å². The Balaban J connectivity index is 1.53. The SMILES string of the molecule is O=C1CCC(C(=O)N2CCc3cc4c(cc3C2)OCO4)N1. The highest BCUT2D eigenvalue weighted by atomic mass is 16.7. The molecule has 4 rings (SSSR count). The van der Waals surface area contributed by atoms with Crippen molar-refractivity contribution >= 4 is 11.8 Å². The van der Waals surface area contributed by atoms with Crippen molar-refractivity contribution in [2.75, 3.05) is 13.3 Å². The molecule has 3 heterocycles. The Bertz CT molecular complexity index is 628. The second-order valence-corrected chi connectivity index (χ2v) is 5.64. The largest absolute Gasteiger partial charge is 0.454 e. The van der Waals surface area contributed by atoms with Crippen LogP contribution >= 0.6 is 0 Å². The number of benzene rings is 1. The molecule has 1 fully saturated rings. The molecule has 2 amide bonds. The van der Waals surface area contributed by atoms with Crippen LogP contribution in [0.2, 0.25) is 0 Å². The van der Waals surface area contributed by atoms with Crippen molar-refractivity contribution in [3.05, 3.63) is 23.3 Å². The zero-order chi connectivity index (χ0) is 14.4. The standard InChI is InChI=1S/C15H16N2O4/c18-14-2-1-11(16-14)15(19)17-4-3-9-5-12-13(21-8-20-12)6-10(9)7-17/h5-6,11H,1-4,7-8H2,(H,16,18). The van der Waals surface area contributed by atoms with E-state index in [1.54, 1.807) is 0 Å². The number of carbonyl (C=O) groups is 2. The Hall–Kier alpha value is -2.24. The molecule has 0 aromatic heterocycles. The zero-order valence-corrected chi connectivity index (χ0v) is 11.6. The monoisotopic (exact) mass is 288 g/mol. The zero-order valence-electron chi connectivity index (χ0n) is 11.6. The van der Waals surface area contributed by atoms with Gasteiger partial charge >= 0.3 is 0 Å². The number of carbonyl (C=O) groups excluding carboxylic acids is 2. The molecule has 6 heteroatoms. The van der Waals surface area contributed by atoms with Crippen molar-refractivity contribution in [2.24, 2.45) is 0 Å². The van der Waals surface area contributed by atoms with Crippen LogP contribution in [-0.4, -0.2) is 36.1 Å². The van der Waals surface area contributed by atoms with Crippen molar-refractivity contribution in [1.29, 1.82) is 0 Å². The molecule has 1 N–H and O–H groups in total. The van der Waals surface area contributed by atoms with Gasteiger partial charge in [0.25, 0.3) is 0 Å². The lowest BCUT2D eigenvalue weighted by Gasteiger charge is -2.31. The normalized spacial score (nSPS) is 23.0. The summed E-state index contributed by atoms with van der Waals surface area (Å²) in [6, 6.07) is 3.62. The van der Waals surface area contributed by atoms with E-state index in [2.05, 4.69) is 5.32 Å². The van der Waals surface area contributed by atoms with Crippen molar-refractivity contribution in [2.45, 2.75) is 31.8 Å². The van der Waals surface area contributed by atoms with Gasteiger partial charge in [-0.1, -0.05) is 0 Å². The maximum Gasteiger partial charge on any atom is 0.245 e. The van der Waals surface area contributed by atoms with Gasteiger partial charge in [0.1, 0.15) is 6.04 Å².